The number of nitrogens with two attached hydrogens (primary N) is 1. The van der Waals surface area contributed by atoms with Gasteiger partial charge in [-0.05, 0) is 31.5 Å². The topological polar surface area (TPSA) is 71.2 Å². The first kappa shape index (κ1) is 15.4. The van der Waals surface area contributed by atoms with Gasteiger partial charge in [-0.15, -0.1) is 0 Å². The van der Waals surface area contributed by atoms with E-state index in [1.807, 2.05) is 31.1 Å². The zero-order valence-electron chi connectivity index (χ0n) is 11.9. The molecule has 0 radical (unpaired) electrons. The van der Waals surface area contributed by atoms with Crippen LogP contribution in [0.4, 0.5) is 11.5 Å². The second-order valence-corrected chi connectivity index (χ2v) is 4.77. The first-order valence-corrected chi connectivity index (χ1v) is 6.77. The maximum atomic E-state index is 11.8. The van der Waals surface area contributed by atoms with Crippen LogP contribution in [0.5, 0.6) is 0 Å². The molecular formula is C14H24N4O. The number of hydrogen-bond acceptors (Lipinski definition) is 4. The van der Waals surface area contributed by atoms with Crippen LogP contribution in [0, 0.1) is 0 Å². The van der Waals surface area contributed by atoms with Crippen LogP contribution < -0.4 is 16.0 Å². The van der Waals surface area contributed by atoms with E-state index in [1.165, 1.54) is 0 Å². The largest absolute Gasteiger partial charge is 0.361 e. The molecule has 0 bridgehead atoms. The molecule has 0 aliphatic heterocycles. The van der Waals surface area contributed by atoms with Crippen LogP contribution >= 0.6 is 0 Å². The average molecular weight is 264 g/mol. The van der Waals surface area contributed by atoms with Crippen molar-refractivity contribution in [2.75, 3.05) is 30.9 Å². The summed E-state index contributed by atoms with van der Waals surface area (Å²) in [7, 11) is 3.82. The van der Waals surface area contributed by atoms with Crippen molar-refractivity contribution >= 4 is 17.4 Å². The minimum absolute atomic E-state index is 0.0452. The van der Waals surface area contributed by atoms with Gasteiger partial charge in [-0.1, -0.05) is 12.8 Å². The third-order valence-corrected chi connectivity index (χ3v) is 2.84. The Hall–Kier alpha value is -1.62. The molecule has 0 atom stereocenters. The normalized spacial score (nSPS) is 10.3. The lowest BCUT2D eigenvalue weighted by Crippen LogP contribution is -2.17. The van der Waals surface area contributed by atoms with Gasteiger partial charge in [-0.25, -0.2) is 4.98 Å². The summed E-state index contributed by atoms with van der Waals surface area (Å²) in [6.45, 7) is 0.730. The van der Waals surface area contributed by atoms with Gasteiger partial charge in [-0.3, -0.25) is 4.79 Å². The Bertz CT molecular complexity index is 393. The predicted octanol–water partition coefficient (Wildman–Crippen LogP) is 2.00. The van der Waals surface area contributed by atoms with E-state index in [2.05, 4.69) is 10.3 Å². The van der Waals surface area contributed by atoms with Gasteiger partial charge >= 0.3 is 0 Å². The number of nitrogens with one attached hydrogen (secondary N) is 1. The highest BCUT2D eigenvalue weighted by Crippen LogP contribution is 2.20. The molecule has 1 aromatic rings. The number of anilines is 2. The van der Waals surface area contributed by atoms with Crippen LogP contribution in [-0.2, 0) is 4.79 Å². The number of nitrogens with zero attached hydrogens (tertiary/aromatic N) is 2. The molecule has 5 heteroatoms. The Kier molecular flexibility index (Phi) is 6.89. The van der Waals surface area contributed by atoms with Crippen LogP contribution in [0.15, 0.2) is 18.3 Å². The summed E-state index contributed by atoms with van der Waals surface area (Å²) >= 11 is 0. The van der Waals surface area contributed by atoms with Gasteiger partial charge < -0.3 is 16.0 Å². The summed E-state index contributed by atoms with van der Waals surface area (Å²) in [5, 5.41) is 2.91. The molecule has 3 N–H and O–H groups in total. The first-order valence-electron chi connectivity index (χ1n) is 6.77. The van der Waals surface area contributed by atoms with Crippen LogP contribution in [0.3, 0.4) is 0 Å². The van der Waals surface area contributed by atoms with Gasteiger partial charge in [0.05, 0.1) is 5.69 Å². The van der Waals surface area contributed by atoms with Crippen LogP contribution in [-0.4, -0.2) is 31.5 Å². The van der Waals surface area contributed by atoms with Crippen molar-refractivity contribution in [2.24, 2.45) is 5.73 Å². The molecule has 106 valence electrons. The molecule has 0 spiro atoms. The lowest BCUT2D eigenvalue weighted by atomic mass is 10.1. The second kappa shape index (κ2) is 8.48. The van der Waals surface area contributed by atoms with Gasteiger partial charge in [0.2, 0.25) is 5.91 Å². The standard InChI is InChI=1S/C14H24N4O/c1-18(2)14-12(8-7-11-16-14)17-13(19)9-5-3-4-6-10-15/h7-8,11H,3-6,9-10,15H2,1-2H3,(H,17,19). The van der Waals surface area contributed by atoms with Crippen molar-refractivity contribution in [2.45, 2.75) is 32.1 Å². The molecule has 5 nitrogen and oxygen atoms in total. The number of unbranched alkanes of at least 4 members (excludes halogenated alkanes) is 3. The minimum Gasteiger partial charge on any atom is -0.361 e. The van der Waals surface area contributed by atoms with E-state index in [4.69, 9.17) is 5.73 Å². The Balaban J connectivity index is 2.40. The molecule has 19 heavy (non-hydrogen) atoms. The SMILES string of the molecule is CN(C)c1ncccc1NC(=O)CCCCCCN. The van der Waals surface area contributed by atoms with Gasteiger partial charge in [0, 0.05) is 26.7 Å². The Morgan fingerprint density at radius 2 is 2.05 bits per heavy atom. The average Bonchev–Trinajstić information content (AvgIpc) is 2.39. The fourth-order valence-electron chi connectivity index (χ4n) is 1.85. The summed E-state index contributed by atoms with van der Waals surface area (Å²) in [6.07, 6.45) is 6.36. The maximum absolute atomic E-state index is 11.8. The zero-order chi connectivity index (χ0) is 14.1. The maximum Gasteiger partial charge on any atom is 0.224 e. The number of carbonyl (C=O) groups excluding carboxylic acids is 1. The number of carbonyl (C=O) groups is 1. The quantitative estimate of drug-likeness (QED) is 0.704. The fourth-order valence-corrected chi connectivity index (χ4v) is 1.85. The van der Waals surface area contributed by atoms with Crippen LogP contribution in [0.25, 0.3) is 0 Å². The summed E-state index contributed by atoms with van der Waals surface area (Å²) in [5.41, 5.74) is 6.19. The molecule has 1 amide bonds. The molecule has 0 aliphatic carbocycles. The summed E-state index contributed by atoms with van der Waals surface area (Å²) in [5.74, 6) is 0.822. The third-order valence-electron chi connectivity index (χ3n) is 2.84. The van der Waals surface area contributed by atoms with Crippen molar-refractivity contribution in [1.29, 1.82) is 0 Å². The molecule has 0 aromatic carbocycles. The van der Waals surface area contributed by atoms with Crippen molar-refractivity contribution in [3.63, 3.8) is 0 Å². The highest BCUT2D eigenvalue weighted by Gasteiger charge is 2.08. The van der Waals surface area contributed by atoms with E-state index in [1.54, 1.807) is 6.20 Å². The molecule has 0 fully saturated rings. The number of aromatic nitrogens is 1. The fraction of sp³-hybridized carbons (Fsp3) is 0.571. The molecule has 0 saturated heterocycles. The van der Waals surface area contributed by atoms with Crippen molar-refractivity contribution in [3.8, 4) is 0 Å². The second-order valence-electron chi connectivity index (χ2n) is 4.77. The number of hydrogen-bond donors (Lipinski definition) is 2. The van der Waals surface area contributed by atoms with Gasteiger partial charge in [0.1, 0.15) is 0 Å². The van der Waals surface area contributed by atoms with Crippen molar-refractivity contribution in [3.05, 3.63) is 18.3 Å². The van der Waals surface area contributed by atoms with E-state index in [0.717, 1.165) is 43.7 Å². The predicted molar refractivity (Wildman–Crippen MR) is 79.3 cm³/mol. The summed E-state index contributed by atoms with van der Waals surface area (Å²) in [4.78, 5) is 18.0. The number of pyridine rings is 1. The molecule has 0 saturated carbocycles. The molecule has 0 unspecified atom stereocenters. The van der Waals surface area contributed by atoms with Gasteiger partial charge in [-0.2, -0.15) is 0 Å². The smallest absolute Gasteiger partial charge is 0.224 e. The molecular weight excluding hydrogens is 240 g/mol. The lowest BCUT2D eigenvalue weighted by molar-refractivity contribution is -0.116. The monoisotopic (exact) mass is 264 g/mol. The van der Waals surface area contributed by atoms with E-state index >= 15 is 0 Å². The van der Waals surface area contributed by atoms with Gasteiger partial charge in [0.15, 0.2) is 5.82 Å². The minimum atomic E-state index is 0.0452. The lowest BCUT2D eigenvalue weighted by Gasteiger charge is -2.16. The highest BCUT2D eigenvalue weighted by molar-refractivity contribution is 5.93. The number of amides is 1. The van der Waals surface area contributed by atoms with E-state index in [-0.39, 0.29) is 5.91 Å². The molecule has 1 heterocycles. The van der Waals surface area contributed by atoms with E-state index in [0.29, 0.717) is 6.42 Å². The summed E-state index contributed by atoms with van der Waals surface area (Å²) in [6, 6.07) is 3.69. The molecule has 1 rings (SSSR count). The number of rotatable bonds is 8. The van der Waals surface area contributed by atoms with E-state index in [9.17, 15) is 4.79 Å². The Labute approximate surface area is 115 Å². The van der Waals surface area contributed by atoms with Crippen molar-refractivity contribution in [1.82, 2.24) is 4.98 Å². The highest BCUT2D eigenvalue weighted by atomic mass is 16.1. The summed E-state index contributed by atoms with van der Waals surface area (Å²) < 4.78 is 0. The molecule has 1 aromatic heterocycles. The van der Waals surface area contributed by atoms with Crippen LogP contribution in [0.1, 0.15) is 32.1 Å². The van der Waals surface area contributed by atoms with Gasteiger partial charge in [0.25, 0.3) is 0 Å². The molecule has 0 aliphatic rings. The first-order chi connectivity index (χ1) is 9.15. The Morgan fingerprint density at radius 1 is 1.32 bits per heavy atom. The third kappa shape index (κ3) is 5.70. The van der Waals surface area contributed by atoms with Crippen molar-refractivity contribution < 1.29 is 4.79 Å². The van der Waals surface area contributed by atoms with Crippen LogP contribution in [0.2, 0.25) is 0 Å². The van der Waals surface area contributed by atoms with E-state index < -0.39 is 0 Å². The zero-order valence-corrected chi connectivity index (χ0v) is 11.9. The Morgan fingerprint density at radius 3 is 2.74 bits per heavy atom.